The molecule has 0 aliphatic rings. The number of rotatable bonds is 5. The number of nitrogens with two attached hydrogens (primary N) is 1. The minimum absolute atomic E-state index is 0.480. The van der Waals surface area contributed by atoms with Gasteiger partial charge >= 0.3 is 0 Å². The molecule has 27 heavy (non-hydrogen) atoms. The molecule has 0 radical (unpaired) electrons. The lowest BCUT2D eigenvalue weighted by atomic mass is 10.1. The molecule has 0 fully saturated rings. The first-order valence-corrected chi connectivity index (χ1v) is 8.50. The molecule has 4 aromatic rings. The largest absolute Gasteiger partial charge is 0.368 e. The van der Waals surface area contributed by atoms with Crippen molar-refractivity contribution < 1.29 is 4.79 Å². The summed E-state index contributed by atoms with van der Waals surface area (Å²) < 4.78 is 0. The fourth-order valence-electron chi connectivity index (χ4n) is 2.91. The van der Waals surface area contributed by atoms with Crippen molar-refractivity contribution in [1.29, 1.82) is 0 Å². The molecule has 0 aliphatic heterocycles. The van der Waals surface area contributed by atoms with Gasteiger partial charge in [-0.15, -0.1) is 0 Å². The van der Waals surface area contributed by atoms with Crippen LogP contribution >= 0.6 is 0 Å². The normalized spacial score (nSPS) is 11.9. The van der Waals surface area contributed by atoms with E-state index in [1.54, 1.807) is 12.4 Å². The molecule has 0 unspecified atom stereocenters. The summed E-state index contributed by atoms with van der Waals surface area (Å²) >= 11 is 0. The number of hydrogen-bond donors (Lipinski definition) is 2. The first-order chi connectivity index (χ1) is 13.2. The Hall–Kier alpha value is -3.80. The number of primary amides is 1. The molecule has 0 spiro atoms. The van der Waals surface area contributed by atoms with Crippen molar-refractivity contribution in [2.75, 3.05) is 5.32 Å². The van der Waals surface area contributed by atoms with Gasteiger partial charge in [-0.05, 0) is 29.8 Å². The molecule has 3 N–H and O–H groups in total. The van der Waals surface area contributed by atoms with Gasteiger partial charge in [0, 0.05) is 23.3 Å². The Kier molecular flexibility index (Phi) is 4.45. The van der Waals surface area contributed by atoms with Gasteiger partial charge in [-0.3, -0.25) is 9.78 Å². The molecule has 0 saturated carbocycles. The van der Waals surface area contributed by atoms with Gasteiger partial charge in [0.1, 0.15) is 11.9 Å². The Labute approximate surface area is 156 Å². The molecular weight excluding hydrogens is 338 g/mol. The number of nitrogens with one attached hydrogen (secondary N) is 1. The van der Waals surface area contributed by atoms with Gasteiger partial charge in [-0.1, -0.05) is 42.5 Å². The zero-order valence-corrected chi connectivity index (χ0v) is 14.4. The third kappa shape index (κ3) is 3.46. The maximum absolute atomic E-state index is 12.1. The van der Waals surface area contributed by atoms with Crippen LogP contribution in [0, 0.1) is 0 Å². The average Bonchev–Trinajstić information content (AvgIpc) is 2.72. The highest BCUT2D eigenvalue weighted by Gasteiger charge is 2.20. The summed E-state index contributed by atoms with van der Waals surface area (Å²) in [4.78, 5) is 25.5. The number of fused-ring (bicyclic) bond motifs is 1. The van der Waals surface area contributed by atoms with E-state index < -0.39 is 11.9 Å². The van der Waals surface area contributed by atoms with Crippen LogP contribution in [0.3, 0.4) is 0 Å². The van der Waals surface area contributed by atoms with E-state index in [0.29, 0.717) is 11.6 Å². The molecule has 1 amide bonds. The number of pyridine rings is 1. The third-order valence-corrected chi connectivity index (χ3v) is 4.22. The van der Waals surface area contributed by atoms with E-state index >= 15 is 0 Å². The topological polar surface area (TPSA) is 93.8 Å². The molecule has 4 rings (SSSR count). The van der Waals surface area contributed by atoms with E-state index in [-0.39, 0.29) is 0 Å². The Morgan fingerprint density at radius 3 is 2.44 bits per heavy atom. The second kappa shape index (κ2) is 7.21. The van der Waals surface area contributed by atoms with Gasteiger partial charge in [-0.25, -0.2) is 9.97 Å². The number of nitrogens with zero attached hydrogens (tertiary/aromatic N) is 3. The van der Waals surface area contributed by atoms with Crippen LogP contribution < -0.4 is 11.1 Å². The molecule has 0 bridgehead atoms. The number of carbonyl (C=O) groups excluding carboxylic acids is 1. The molecule has 6 nitrogen and oxygen atoms in total. The molecule has 0 saturated heterocycles. The van der Waals surface area contributed by atoms with E-state index in [1.165, 1.54) is 0 Å². The van der Waals surface area contributed by atoms with E-state index in [9.17, 15) is 4.79 Å². The van der Waals surface area contributed by atoms with Gasteiger partial charge in [0.2, 0.25) is 5.91 Å². The van der Waals surface area contributed by atoms with Crippen LogP contribution in [0.2, 0.25) is 0 Å². The lowest BCUT2D eigenvalue weighted by Gasteiger charge is -2.18. The average molecular weight is 355 g/mol. The van der Waals surface area contributed by atoms with Gasteiger partial charge in [-0.2, -0.15) is 0 Å². The standard InChI is InChI=1S/C21H17N5O/c22-19(27)18(14-7-2-1-3-8-14)25-21-16-10-4-5-11-17(16)24-20(26-21)15-9-6-12-23-13-15/h1-13,18H,(H2,22,27)(H,24,25,26)/t18-/m1/s1. The fourth-order valence-corrected chi connectivity index (χ4v) is 2.91. The predicted octanol–water partition coefficient (Wildman–Crippen LogP) is 3.33. The minimum atomic E-state index is -0.703. The third-order valence-electron chi connectivity index (χ3n) is 4.22. The molecular formula is C21H17N5O. The Bertz CT molecular complexity index is 1080. The van der Waals surface area contributed by atoms with Crippen LogP contribution in [0.15, 0.2) is 79.1 Å². The first-order valence-electron chi connectivity index (χ1n) is 8.50. The van der Waals surface area contributed by atoms with E-state index in [0.717, 1.165) is 22.0 Å². The lowest BCUT2D eigenvalue weighted by Crippen LogP contribution is -2.28. The number of para-hydroxylation sites is 1. The molecule has 6 heteroatoms. The number of carbonyl (C=O) groups is 1. The van der Waals surface area contributed by atoms with Crippen LogP contribution in [0.4, 0.5) is 5.82 Å². The highest BCUT2D eigenvalue weighted by Crippen LogP contribution is 2.27. The highest BCUT2D eigenvalue weighted by atomic mass is 16.1. The number of hydrogen-bond acceptors (Lipinski definition) is 5. The van der Waals surface area contributed by atoms with Crippen molar-refractivity contribution in [2.45, 2.75) is 6.04 Å². The molecule has 2 heterocycles. The molecule has 2 aromatic heterocycles. The smallest absolute Gasteiger partial charge is 0.244 e. The Morgan fingerprint density at radius 1 is 0.926 bits per heavy atom. The number of aromatic nitrogens is 3. The number of benzene rings is 2. The first kappa shape index (κ1) is 16.7. The summed E-state index contributed by atoms with van der Waals surface area (Å²) in [7, 11) is 0. The lowest BCUT2D eigenvalue weighted by molar-refractivity contribution is -0.118. The highest BCUT2D eigenvalue weighted by molar-refractivity contribution is 5.93. The summed E-state index contributed by atoms with van der Waals surface area (Å²) in [5, 5.41) is 4.01. The minimum Gasteiger partial charge on any atom is -0.368 e. The Morgan fingerprint density at radius 2 is 1.70 bits per heavy atom. The Balaban J connectivity index is 1.83. The summed E-state index contributed by atoms with van der Waals surface area (Å²) in [5.41, 5.74) is 7.99. The second-order valence-corrected chi connectivity index (χ2v) is 6.05. The SMILES string of the molecule is NC(=O)[C@H](Nc1nc(-c2cccnc2)nc2ccccc12)c1ccccc1. The van der Waals surface area contributed by atoms with Crippen molar-refractivity contribution >= 4 is 22.6 Å². The molecule has 1 atom stereocenters. The van der Waals surface area contributed by atoms with E-state index in [2.05, 4.69) is 20.3 Å². The van der Waals surface area contributed by atoms with Gasteiger partial charge in [0.15, 0.2) is 5.82 Å². The van der Waals surface area contributed by atoms with Crippen LogP contribution in [0.1, 0.15) is 11.6 Å². The molecule has 0 aliphatic carbocycles. The van der Waals surface area contributed by atoms with Crippen molar-refractivity contribution in [1.82, 2.24) is 15.0 Å². The van der Waals surface area contributed by atoms with Crippen LogP contribution in [-0.4, -0.2) is 20.9 Å². The summed E-state index contributed by atoms with van der Waals surface area (Å²) in [6, 6.07) is 20.0. The van der Waals surface area contributed by atoms with Crippen molar-refractivity contribution in [3.05, 3.63) is 84.7 Å². The van der Waals surface area contributed by atoms with Crippen molar-refractivity contribution in [2.24, 2.45) is 5.73 Å². The maximum atomic E-state index is 12.1. The van der Waals surface area contributed by atoms with Crippen LogP contribution in [0.25, 0.3) is 22.3 Å². The summed E-state index contributed by atoms with van der Waals surface area (Å²) in [6.45, 7) is 0. The van der Waals surface area contributed by atoms with Crippen molar-refractivity contribution in [3.8, 4) is 11.4 Å². The van der Waals surface area contributed by atoms with E-state index in [4.69, 9.17) is 5.73 Å². The van der Waals surface area contributed by atoms with Crippen molar-refractivity contribution in [3.63, 3.8) is 0 Å². The predicted molar refractivity (Wildman–Crippen MR) is 105 cm³/mol. The second-order valence-electron chi connectivity index (χ2n) is 6.05. The van der Waals surface area contributed by atoms with Crippen LogP contribution in [-0.2, 0) is 4.79 Å². The summed E-state index contributed by atoms with van der Waals surface area (Å²) in [5.74, 6) is 0.597. The number of anilines is 1. The van der Waals surface area contributed by atoms with Crippen LogP contribution in [0.5, 0.6) is 0 Å². The molecule has 132 valence electrons. The maximum Gasteiger partial charge on any atom is 0.244 e. The van der Waals surface area contributed by atoms with E-state index in [1.807, 2.05) is 66.7 Å². The van der Waals surface area contributed by atoms with Gasteiger partial charge < -0.3 is 11.1 Å². The molecule has 2 aromatic carbocycles. The summed E-state index contributed by atoms with van der Waals surface area (Å²) in [6.07, 6.45) is 3.40. The monoisotopic (exact) mass is 355 g/mol. The quantitative estimate of drug-likeness (QED) is 0.573. The number of amides is 1. The fraction of sp³-hybridized carbons (Fsp3) is 0.0476. The van der Waals surface area contributed by atoms with Gasteiger partial charge in [0.05, 0.1) is 5.52 Å². The zero-order chi connectivity index (χ0) is 18.6. The zero-order valence-electron chi connectivity index (χ0n) is 14.4. The van der Waals surface area contributed by atoms with Gasteiger partial charge in [0.25, 0.3) is 0 Å².